The van der Waals surface area contributed by atoms with E-state index in [1.807, 2.05) is 12.1 Å². The monoisotopic (exact) mass is 316 g/mol. The lowest BCUT2D eigenvalue weighted by atomic mass is 9.93. The molecule has 1 aliphatic rings. The Morgan fingerprint density at radius 3 is 2.91 bits per heavy atom. The first kappa shape index (κ1) is 15.5. The zero-order chi connectivity index (χ0) is 16.2. The molecule has 1 heterocycles. The van der Waals surface area contributed by atoms with Crippen LogP contribution in [0.5, 0.6) is 0 Å². The summed E-state index contributed by atoms with van der Waals surface area (Å²) in [4.78, 5) is 16.3. The number of hydrogen-bond acceptors (Lipinski definition) is 5. The molecule has 1 fully saturated rings. The number of rotatable bonds is 3. The highest BCUT2D eigenvalue weighted by Crippen LogP contribution is 2.21. The van der Waals surface area contributed by atoms with Crippen LogP contribution in [0.15, 0.2) is 28.8 Å². The fourth-order valence-corrected chi connectivity index (χ4v) is 2.77. The number of amides is 2. The number of aryl methyl sites for hydroxylation is 1. The average molecular weight is 316 g/mol. The Balaban J connectivity index is 1.64. The van der Waals surface area contributed by atoms with E-state index in [9.17, 15) is 9.90 Å². The van der Waals surface area contributed by atoms with Crippen molar-refractivity contribution >= 4 is 11.7 Å². The van der Waals surface area contributed by atoms with Crippen molar-refractivity contribution in [3.05, 3.63) is 30.2 Å². The zero-order valence-electron chi connectivity index (χ0n) is 13.0. The lowest BCUT2D eigenvalue weighted by molar-refractivity contribution is 0.0955. The third kappa shape index (κ3) is 3.87. The number of nitrogens with zero attached hydrogens (tertiary/aromatic N) is 2. The maximum Gasteiger partial charge on any atom is 0.319 e. The molecule has 2 unspecified atom stereocenters. The summed E-state index contributed by atoms with van der Waals surface area (Å²) in [6.45, 7) is 1.72. The fourth-order valence-electron chi connectivity index (χ4n) is 2.77. The van der Waals surface area contributed by atoms with Crippen LogP contribution < -0.4 is 10.6 Å². The fraction of sp³-hybridized carbons (Fsp3) is 0.438. The van der Waals surface area contributed by atoms with Crippen LogP contribution in [0, 0.1) is 6.92 Å². The molecule has 2 atom stereocenters. The molecule has 2 aromatic rings. The van der Waals surface area contributed by atoms with Crippen molar-refractivity contribution in [1.82, 2.24) is 15.5 Å². The first-order chi connectivity index (χ1) is 11.1. The Hall–Kier alpha value is -2.41. The molecule has 1 aromatic carbocycles. The summed E-state index contributed by atoms with van der Waals surface area (Å²) in [6, 6.07) is 6.71. The van der Waals surface area contributed by atoms with Gasteiger partial charge in [-0.2, -0.15) is 4.98 Å². The van der Waals surface area contributed by atoms with Crippen LogP contribution >= 0.6 is 0 Å². The molecule has 0 bridgehead atoms. The number of nitrogens with one attached hydrogen (secondary N) is 2. The third-order valence-corrected chi connectivity index (χ3v) is 3.95. The van der Waals surface area contributed by atoms with Crippen molar-refractivity contribution in [3.63, 3.8) is 0 Å². The SMILES string of the molecule is Cc1nc(-c2cccc(NC(=O)NC3CCCCC3O)c2)no1. The Morgan fingerprint density at radius 2 is 2.17 bits per heavy atom. The topological polar surface area (TPSA) is 100 Å². The standard InChI is InChI=1S/C16H20N4O3/c1-10-17-15(20-23-10)11-5-4-6-12(9-11)18-16(22)19-13-7-2-3-8-14(13)21/h4-6,9,13-14,21H,2-3,7-8H2,1H3,(H2,18,19,22). The molecule has 23 heavy (non-hydrogen) atoms. The molecule has 0 radical (unpaired) electrons. The average Bonchev–Trinajstić information content (AvgIpc) is 2.96. The van der Waals surface area contributed by atoms with Gasteiger partial charge in [0.15, 0.2) is 0 Å². The van der Waals surface area contributed by atoms with Crippen LogP contribution in [0.1, 0.15) is 31.6 Å². The van der Waals surface area contributed by atoms with E-state index in [0.717, 1.165) is 31.2 Å². The van der Waals surface area contributed by atoms with Crippen LogP contribution in [-0.4, -0.2) is 33.4 Å². The van der Waals surface area contributed by atoms with Crippen molar-refractivity contribution in [2.45, 2.75) is 44.8 Å². The summed E-state index contributed by atoms with van der Waals surface area (Å²) in [7, 11) is 0. The molecule has 7 nitrogen and oxygen atoms in total. The van der Waals surface area contributed by atoms with Gasteiger partial charge in [-0.05, 0) is 25.0 Å². The van der Waals surface area contributed by atoms with Crippen LogP contribution in [0.2, 0.25) is 0 Å². The van der Waals surface area contributed by atoms with E-state index in [2.05, 4.69) is 20.8 Å². The molecule has 1 aromatic heterocycles. The molecule has 122 valence electrons. The maximum absolute atomic E-state index is 12.1. The summed E-state index contributed by atoms with van der Waals surface area (Å²) in [5.74, 6) is 0.969. The predicted octanol–water partition coefficient (Wildman–Crippen LogP) is 2.47. The predicted molar refractivity (Wildman–Crippen MR) is 84.9 cm³/mol. The Kier molecular flexibility index (Phi) is 4.57. The largest absolute Gasteiger partial charge is 0.391 e. The van der Waals surface area contributed by atoms with E-state index >= 15 is 0 Å². The summed E-state index contributed by atoms with van der Waals surface area (Å²) < 4.78 is 4.96. The quantitative estimate of drug-likeness (QED) is 0.807. The highest BCUT2D eigenvalue weighted by Gasteiger charge is 2.24. The number of benzene rings is 1. The van der Waals surface area contributed by atoms with E-state index in [-0.39, 0.29) is 12.1 Å². The van der Waals surface area contributed by atoms with Gasteiger partial charge in [0.25, 0.3) is 0 Å². The van der Waals surface area contributed by atoms with Gasteiger partial charge in [-0.1, -0.05) is 30.1 Å². The maximum atomic E-state index is 12.1. The van der Waals surface area contributed by atoms with Gasteiger partial charge in [0.2, 0.25) is 11.7 Å². The first-order valence-electron chi connectivity index (χ1n) is 7.78. The lowest BCUT2D eigenvalue weighted by Crippen LogP contribution is -2.46. The molecular formula is C16H20N4O3. The van der Waals surface area contributed by atoms with Crippen LogP contribution in [-0.2, 0) is 0 Å². The number of anilines is 1. The Labute approximate surface area is 134 Å². The summed E-state index contributed by atoms with van der Waals surface area (Å²) in [5.41, 5.74) is 1.39. The number of carbonyl (C=O) groups is 1. The van der Waals surface area contributed by atoms with Gasteiger partial charge in [-0.3, -0.25) is 0 Å². The van der Waals surface area contributed by atoms with Crippen molar-refractivity contribution in [2.75, 3.05) is 5.32 Å². The highest BCUT2D eigenvalue weighted by atomic mass is 16.5. The zero-order valence-corrected chi connectivity index (χ0v) is 13.0. The van der Waals surface area contributed by atoms with E-state index in [4.69, 9.17) is 4.52 Å². The van der Waals surface area contributed by atoms with E-state index < -0.39 is 6.10 Å². The minimum absolute atomic E-state index is 0.188. The lowest BCUT2D eigenvalue weighted by Gasteiger charge is -2.28. The molecular weight excluding hydrogens is 296 g/mol. The van der Waals surface area contributed by atoms with Gasteiger partial charge in [0, 0.05) is 18.2 Å². The van der Waals surface area contributed by atoms with Crippen molar-refractivity contribution in [3.8, 4) is 11.4 Å². The number of aromatic nitrogens is 2. The van der Waals surface area contributed by atoms with Gasteiger partial charge in [0.1, 0.15) is 0 Å². The molecule has 0 saturated heterocycles. The third-order valence-electron chi connectivity index (χ3n) is 3.95. The molecule has 1 saturated carbocycles. The second-order valence-electron chi connectivity index (χ2n) is 5.77. The summed E-state index contributed by atoms with van der Waals surface area (Å²) in [6.07, 6.45) is 3.10. The molecule has 3 rings (SSSR count). The number of urea groups is 1. The first-order valence-corrected chi connectivity index (χ1v) is 7.78. The van der Waals surface area contributed by atoms with E-state index in [1.54, 1.807) is 19.1 Å². The van der Waals surface area contributed by atoms with Crippen molar-refractivity contribution in [1.29, 1.82) is 0 Å². The van der Waals surface area contributed by atoms with Crippen LogP contribution in [0.25, 0.3) is 11.4 Å². The van der Waals surface area contributed by atoms with Gasteiger partial charge >= 0.3 is 6.03 Å². The van der Waals surface area contributed by atoms with Gasteiger partial charge in [-0.25, -0.2) is 4.79 Å². The molecule has 2 amide bonds. The second-order valence-corrected chi connectivity index (χ2v) is 5.77. The number of carbonyl (C=O) groups excluding carboxylic acids is 1. The number of aliphatic hydroxyl groups is 1. The van der Waals surface area contributed by atoms with E-state index in [1.165, 1.54) is 0 Å². The molecule has 0 aliphatic heterocycles. The second kappa shape index (κ2) is 6.78. The van der Waals surface area contributed by atoms with Crippen LogP contribution in [0.3, 0.4) is 0 Å². The Bertz CT molecular complexity index is 685. The summed E-state index contributed by atoms with van der Waals surface area (Å²) >= 11 is 0. The highest BCUT2D eigenvalue weighted by molar-refractivity contribution is 5.90. The molecule has 0 spiro atoms. The van der Waals surface area contributed by atoms with Gasteiger partial charge in [-0.15, -0.1) is 0 Å². The molecule has 3 N–H and O–H groups in total. The Morgan fingerprint density at radius 1 is 1.35 bits per heavy atom. The smallest absolute Gasteiger partial charge is 0.319 e. The van der Waals surface area contributed by atoms with Gasteiger partial charge in [0.05, 0.1) is 12.1 Å². The van der Waals surface area contributed by atoms with Gasteiger partial charge < -0.3 is 20.3 Å². The minimum Gasteiger partial charge on any atom is -0.391 e. The number of aliphatic hydroxyl groups excluding tert-OH is 1. The number of hydrogen-bond donors (Lipinski definition) is 3. The van der Waals surface area contributed by atoms with E-state index in [0.29, 0.717) is 17.4 Å². The normalized spacial score (nSPS) is 21.0. The van der Waals surface area contributed by atoms with Crippen molar-refractivity contribution in [2.24, 2.45) is 0 Å². The van der Waals surface area contributed by atoms with Crippen molar-refractivity contribution < 1.29 is 14.4 Å². The molecule has 7 heteroatoms. The molecule has 1 aliphatic carbocycles. The van der Waals surface area contributed by atoms with Crippen LogP contribution in [0.4, 0.5) is 10.5 Å². The summed E-state index contributed by atoms with van der Waals surface area (Å²) in [5, 5.41) is 19.4. The minimum atomic E-state index is -0.469.